The van der Waals surface area contributed by atoms with Gasteiger partial charge in [0, 0.05) is 38.7 Å². The second-order valence-electron chi connectivity index (χ2n) is 3.95. The molecule has 0 bridgehead atoms. The molecule has 5 heteroatoms. The first kappa shape index (κ1) is 11.0. The number of nitrogens with zero attached hydrogens (tertiary/aromatic N) is 3. The summed E-state index contributed by atoms with van der Waals surface area (Å²) in [5.41, 5.74) is 1.72. The van der Waals surface area contributed by atoms with E-state index in [1.54, 1.807) is 6.20 Å². The zero-order chi connectivity index (χ0) is 11.4. The Morgan fingerprint density at radius 1 is 1.38 bits per heavy atom. The van der Waals surface area contributed by atoms with Gasteiger partial charge in [0.15, 0.2) is 0 Å². The lowest BCUT2D eigenvalue weighted by Crippen LogP contribution is -2.33. The number of hydrogen-bond acceptors (Lipinski definition) is 4. The molecule has 0 spiro atoms. The van der Waals surface area contributed by atoms with Crippen LogP contribution in [0.4, 0.5) is 4.39 Å². The van der Waals surface area contributed by atoms with Crippen molar-refractivity contribution >= 4 is 5.71 Å². The van der Waals surface area contributed by atoms with Gasteiger partial charge in [-0.3, -0.25) is 9.88 Å². The van der Waals surface area contributed by atoms with Crippen LogP contribution in [0.2, 0.25) is 0 Å². The van der Waals surface area contributed by atoms with Crippen LogP contribution in [0.15, 0.2) is 23.6 Å². The van der Waals surface area contributed by atoms with Crippen LogP contribution in [0.5, 0.6) is 0 Å². The third-order valence-electron chi connectivity index (χ3n) is 2.74. The molecule has 1 aromatic heterocycles. The standard InChI is InChI=1S/C11H14FN3O/c12-10-5-9(6-13-7-10)8-15-3-1-11(14-16)2-4-15/h5-7,16H,1-4,8H2. The fraction of sp³-hybridized carbons (Fsp3) is 0.455. The van der Waals surface area contributed by atoms with Gasteiger partial charge in [0.2, 0.25) is 0 Å². The van der Waals surface area contributed by atoms with Gasteiger partial charge in [-0.1, -0.05) is 5.16 Å². The molecule has 0 radical (unpaired) electrons. The largest absolute Gasteiger partial charge is 0.411 e. The molecule has 0 unspecified atom stereocenters. The number of halogens is 1. The van der Waals surface area contributed by atoms with Crippen LogP contribution in [0.1, 0.15) is 18.4 Å². The van der Waals surface area contributed by atoms with E-state index in [-0.39, 0.29) is 5.82 Å². The van der Waals surface area contributed by atoms with Crippen molar-refractivity contribution in [3.05, 3.63) is 29.8 Å². The van der Waals surface area contributed by atoms with Crippen LogP contribution in [0.25, 0.3) is 0 Å². The van der Waals surface area contributed by atoms with E-state index < -0.39 is 0 Å². The van der Waals surface area contributed by atoms with Crippen LogP contribution in [-0.2, 0) is 6.54 Å². The molecule has 1 aliphatic heterocycles. The van der Waals surface area contributed by atoms with Gasteiger partial charge in [0.25, 0.3) is 0 Å². The highest BCUT2D eigenvalue weighted by Crippen LogP contribution is 2.11. The van der Waals surface area contributed by atoms with E-state index in [0.29, 0.717) is 6.54 Å². The van der Waals surface area contributed by atoms with Crippen LogP contribution < -0.4 is 0 Å². The number of likely N-dealkylation sites (tertiary alicyclic amines) is 1. The summed E-state index contributed by atoms with van der Waals surface area (Å²) in [5, 5.41) is 11.8. The molecule has 1 aromatic rings. The molecule has 16 heavy (non-hydrogen) atoms. The summed E-state index contributed by atoms with van der Waals surface area (Å²) in [5.74, 6) is -0.299. The topological polar surface area (TPSA) is 48.7 Å². The summed E-state index contributed by atoms with van der Waals surface area (Å²) in [6.45, 7) is 2.38. The second-order valence-corrected chi connectivity index (χ2v) is 3.95. The lowest BCUT2D eigenvalue weighted by molar-refractivity contribution is 0.255. The molecular formula is C11H14FN3O. The highest BCUT2D eigenvalue weighted by atomic mass is 19.1. The fourth-order valence-corrected chi connectivity index (χ4v) is 1.87. The number of piperidine rings is 1. The average molecular weight is 223 g/mol. The van der Waals surface area contributed by atoms with Crippen molar-refractivity contribution < 1.29 is 9.60 Å². The van der Waals surface area contributed by atoms with Crippen molar-refractivity contribution in [2.75, 3.05) is 13.1 Å². The van der Waals surface area contributed by atoms with E-state index in [4.69, 9.17) is 5.21 Å². The summed E-state index contributed by atoms with van der Waals surface area (Å²) in [6.07, 6.45) is 4.44. The molecule has 0 amide bonds. The first-order valence-corrected chi connectivity index (χ1v) is 5.29. The maximum Gasteiger partial charge on any atom is 0.141 e. The summed E-state index contributed by atoms with van der Waals surface area (Å²) >= 11 is 0. The minimum absolute atomic E-state index is 0.299. The Morgan fingerprint density at radius 3 is 2.75 bits per heavy atom. The second kappa shape index (κ2) is 5.03. The van der Waals surface area contributed by atoms with E-state index in [2.05, 4.69) is 15.0 Å². The molecule has 0 saturated carbocycles. The number of oxime groups is 1. The van der Waals surface area contributed by atoms with Crippen LogP contribution in [-0.4, -0.2) is 33.9 Å². The third kappa shape index (κ3) is 2.76. The highest BCUT2D eigenvalue weighted by molar-refractivity contribution is 5.84. The minimum atomic E-state index is -0.299. The first-order chi connectivity index (χ1) is 7.78. The number of rotatable bonds is 2. The molecule has 0 aromatic carbocycles. The van der Waals surface area contributed by atoms with Gasteiger partial charge < -0.3 is 5.21 Å². The smallest absolute Gasteiger partial charge is 0.141 e. The van der Waals surface area contributed by atoms with Gasteiger partial charge in [-0.05, 0) is 11.6 Å². The maximum atomic E-state index is 12.9. The number of pyridine rings is 1. The van der Waals surface area contributed by atoms with Crippen molar-refractivity contribution in [3.63, 3.8) is 0 Å². The quantitative estimate of drug-likeness (QED) is 0.612. The molecule has 0 aliphatic carbocycles. The van der Waals surface area contributed by atoms with E-state index >= 15 is 0 Å². The van der Waals surface area contributed by atoms with E-state index in [1.807, 2.05) is 0 Å². The molecule has 2 rings (SSSR count). The average Bonchev–Trinajstić information content (AvgIpc) is 2.30. The molecule has 2 heterocycles. The lowest BCUT2D eigenvalue weighted by Gasteiger charge is -2.26. The molecule has 1 aliphatic rings. The number of aromatic nitrogens is 1. The summed E-state index contributed by atoms with van der Waals surface area (Å²) < 4.78 is 12.9. The molecule has 4 nitrogen and oxygen atoms in total. The van der Waals surface area contributed by atoms with E-state index in [1.165, 1.54) is 12.3 Å². The predicted molar refractivity (Wildman–Crippen MR) is 57.9 cm³/mol. The summed E-state index contributed by atoms with van der Waals surface area (Å²) in [7, 11) is 0. The van der Waals surface area contributed by atoms with Crippen molar-refractivity contribution in [3.8, 4) is 0 Å². The van der Waals surface area contributed by atoms with Crippen LogP contribution in [0.3, 0.4) is 0 Å². The van der Waals surface area contributed by atoms with Gasteiger partial charge in [0.05, 0.1) is 11.9 Å². The van der Waals surface area contributed by atoms with Crippen LogP contribution in [0, 0.1) is 5.82 Å². The number of hydrogen-bond donors (Lipinski definition) is 1. The van der Waals surface area contributed by atoms with Crippen molar-refractivity contribution in [2.45, 2.75) is 19.4 Å². The Labute approximate surface area is 93.4 Å². The Kier molecular flexibility index (Phi) is 3.46. The van der Waals surface area contributed by atoms with Crippen molar-refractivity contribution in [2.24, 2.45) is 5.16 Å². The van der Waals surface area contributed by atoms with Crippen molar-refractivity contribution in [1.29, 1.82) is 0 Å². The summed E-state index contributed by atoms with van der Waals surface area (Å²) in [6, 6.07) is 1.50. The molecule has 0 atom stereocenters. The molecule has 1 N–H and O–H groups in total. The molecular weight excluding hydrogens is 209 g/mol. The Morgan fingerprint density at radius 2 is 2.12 bits per heavy atom. The Bertz CT molecular complexity index is 385. The highest BCUT2D eigenvalue weighted by Gasteiger charge is 2.15. The molecule has 1 saturated heterocycles. The SMILES string of the molecule is ON=C1CCN(Cc2cncc(F)c2)CC1. The van der Waals surface area contributed by atoms with E-state index in [9.17, 15) is 4.39 Å². The fourth-order valence-electron chi connectivity index (χ4n) is 1.87. The molecule has 1 fully saturated rings. The van der Waals surface area contributed by atoms with Crippen LogP contribution >= 0.6 is 0 Å². The summed E-state index contributed by atoms with van der Waals surface area (Å²) in [4.78, 5) is 6.01. The minimum Gasteiger partial charge on any atom is -0.411 e. The van der Waals surface area contributed by atoms with E-state index in [0.717, 1.165) is 37.2 Å². The van der Waals surface area contributed by atoms with Gasteiger partial charge in [-0.25, -0.2) is 4.39 Å². The van der Waals surface area contributed by atoms with Crippen molar-refractivity contribution in [1.82, 2.24) is 9.88 Å². The Balaban J connectivity index is 1.92. The zero-order valence-electron chi connectivity index (χ0n) is 8.93. The lowest BCUT2D eigenvalue weighted by atomic mass is 10.1. The maximum absolute atomic E-state index is 12.9. The van der Waals surface area contributed by atoms with Gasteiger partial charge in [-0.2, -0.15) is 0 Å². The van der Waals surface area contributed by atoms with Gasteiger partial charge in [0.1, 0.15) is 5.82 Å². The van der Waals surface area contributed by atoms with Gasteiger partial charge >= 0.3 is 0 Å². The van der Waals surface area contributed by atoms with Gasteiger partial charge in [-0.15, -0.1) is 0 Å². The third-order valence-corrected chi connectivity index (χ3v) is 2.74. The zero-order valence-corrected chi connectivity index (χ0v) is 8.93. The molecule has 86 valence electrons. The normalized spacial score (nSPS) is 17.4. The first-order valence-electron chi connectivity index (χ1n) is 5.29. The monoisotopic (exact) mass is 223 g/mol. The Hall–Kier alpha value is -1.49. The predicted octanol–water partition coefficient (Wildman–Crippen LogP) is 1.65.